The monoisotopic (exact) mass is 161 g/mol. The molecular formula is C7H15NO3. The van der Waals surface area contributed by atoms with Crippen molar-refractivity contribution in [3.05, 3.63) is 0 Å². The van der Waals surface area contributed by atoms with Crippen LogP contribution in [0.15, 0.2) is 0 Å². The summed E-state index contributed by atoms with van der Waals surface area (Å²) in [5.41, 5.74) is 4.71. The summed E-state index contributed by atoms with van der Waals surface area (Å²) in [7, 11) is 1.54. The highest BCUT2D eigenvalue weighted by atomic mass is 16.5. The molecule has 1 aliphatic rings. The molecule has 11 heavy (non-hydrogen) atoms. The molecule has 1 fully saturated rings. The van der Waals surface area contributed by atoms with Crippen LogP contribution in [-0.4, -0.2) is 43.7 Å². The maximum Gasteiger partial charge on any atom is 0.126 e. The van der Waals surface area contributed by atoms with Crippen LogP contribution in [0.2, 0.25) is 0 Å². The van der Waals surface area contributed by atoms with Crippen LogP contribution >= 0.6 is 0 Å². The Morgan fingerprint density at radius 2 is 2.55 bits per heavy atom. The van der Waals surface area contributed by atoms with Crippen LogP contribution in [0.1, 0.15) is 6.42 Å². The molecule has 1 saturated heterocycles. The van der Waals surface area contributed by atoms with Crippen molar-refractivity contribution in [1.29, 1.82) is 0 Å². The minimum absolute atomic E-state index is 0.226. The standard InChI is InChI=1S/C7H15NO3/c1-10-4-7(9)5-11-3-2-6(7)8/h6,9H,2-5,8H2,1H3/t6-,7?/m1/s1. The van der Waals surface area contributed by atoms with Crippen molar-refractivity contribution in [2.24, 2.45) is 5.73 Å². The molecule has 0 aromatic rings. The molecule has 0 aromatic heterocycles. The molecule has 3 N–H and O–H groups in total. The first-order valence-electron chi connectivity index (χ1n) is 3.74. The molecule has 4 heteroatoms. The summed E-state index contributed by atoms with van der Waals surface area (Å²) in [5.74, 6) is 0. The Hall–Kier alpha value is -0.160. The highest BCUT2D eigenvalue weighted by molar-refractivity contribution is 4.91. The Bertz CT molecular complexity index is 127. The van der Waals surface area contributed by atoms with E-state index in [1.807, 2.05) is 0 Å². The van der Waals surface area contributed by atoms with E-state index in [-0.39, 0.29) is 19.3 Å². The molecule has 1 heterocycles. The van der Waals surface area contributed by atoms with Crippen LogP contribution in [0.5, 0.6) is 0 Å². The number of rotatable bonds is 2. The molecule has 0 bridgehead atoms. The molecule has 0 amide bonds. The van der Waals surface area contributed by atoms with Gasteiger partial charge in [0.2, 0.25) is 0 Å². The second kappa shape index (κ2) is 3.49. The molecular weight excluding hydrogens is 146 g/mol. The highest BCUT2D eigenvalue weighted by Crippen LogP contribution is 2.17. The first-order valence-corrected chi connectivity index (χ1v) is 3.74. The van der Waals surface area contributed by atoms with Gasteiger partial charge in [-0.3, -0.25) is 0 Å². The number of hydrogen-bond acceptors (Lipinski definition) is 4. The SMILES string of the molecule is COCC1(O)COCC[C@H]1N. The lowest BCUT2D eigenvalue weighted by Gasteiger charge is -2.36. The van der Waals surface area contributed by atoms with Gasteiger partial charge in [0.25, 0.3) is 0 Å². The van der Waals surface area contributed by atoms with Gasteiger partial charge < -0.3 is 20.3 Å². The second-order valence-corrected chi connectivity index (χ2v) is 2.98. The molecule has 1 rings (SSSR count). The zero-order chi connectivity index (χ0) is 8.32. The maximum absolute atomic E-state index is 9.76. The Kier molecular flexibility index (Phi) is 2.84. The molecule has 1 aliphatic heterocycles. The molecule has 0 spiro atoms. The number of aliphatic hydroxyl groups is 1. The zero-order valence-corrected chi connectivity index (χ0v) is 6.75. The Labute approximate surface area is 66.3 Å². The van der Waals surface area contributed by atoms with Gasteiger partial charge >= 0.3 is 0 Å². The van der Waals surface area contributed by atoms with Gasteiger partial charge in [0, 0.05) is 19.8 Å². The lowest BCUT2D eigenvalue weighted by atomic mass is 9.92. The van der Waals surface area contributed by atoms with E-state index >= 15 is 0 Å². The van der Waals surface area contributed by atoms with E-state index in [9.17, 15) is 5.11 Å². The van der Waals surface area contributed by atoms with Crippen LogP contribution in [-0.2, 0) is 9.47 Å². The second-order valence-electron chi connectivity index (χ2n) is 2.98. The van der Waals surface area contributed by atoms with Crippen molar-refractivity contribution < 1.29 is 14.6 Å². The molecule has 66 valence electrons. The van der Waals surface area contributed by atoms with Crippen molar-refractivity contribution in [3.8, 4) is 0 Å². The Balaban J connectivity index is 2.49. The summed E-state index contributed by atoms with van der Waals surface area (Å²) in [5, 5.41) is 9.76. The number of hydrogen-bond donors (Lipinski definition) is 2. The van der Waals surface area contributed by atoms with Gasteiger partial charge in [0.1, 0.15) is 5.60 Å². The van der Waals surface area contributed by atoms with Crippen LogP contribution in [0.25, 0.3) is 0 Å². The molecule has 0 radical (unpaired) electrons. The molecule has 0 aromatic carbocycles. The first-order chi connectivity index (χ1) is 5.19. The van der Waals surface area contributed by atoms with Gasteiger partial charge in [-0.05, 0) is 6.42 Å². The third kappa shape index (κ3) is 1.90. The summed E-state index contributed by atoms with van der Waals surface area (Å²) < 4.78 is 9.94. The van der Waals surface area contributed by atoms with Gasteiger partial charge in [-0.25, -0.2) is 0 Å². The molecule has 4 nitrogen and oxygen atoms in total. The van der Waals surface area contributed by atoms with E-state index in [4.69, 9.17) is 15.2 Å². The Morgan fingerprint density at radius 1 is 1.82 bits per heavy atom. The van der Waals surface area contributed by atoms with Gasteiger partial charge in [-0.1, -0.05) is 0 Å². The largest absolute Gasteiger partial charge is 0.383 e. The minimum Gasteiger partial charge on any atom is -0.383 e. The van der Waals surface area contributed by atoms with E-state index in [1.54, 1.807) is 7.11 Å². The molecule has 1 unspecified atom stereocenters. The topological polar surface area (TPSA) is 64.7 Å². The van der Waals surface area contributed by atoms with Crippen LogP contribution in [0.4, 0.5) is 0 Å². The van der Waals surface area contributed by atoms with Crippen molar-refractivity contribution in [1.82, 2.24) is 0 Å². The molecule has 2 atom stereocenters. The van der Waals surface area contributed by atoms with Crippen LogP contribution < -0.4 is 5.73 Å². The summed E-state index contributed by atoms with van der Waals surface area (Å²) in [6.07, 6.45) is 0.694. The fraction of sp³-hybridized carbons (Fsp3) is 1.00. The van der Waals surface area contributed by atoms with E-state index < -0.39 is 5.60 Å². The predicted octanol–water partition coefficient (Wildman–Crippen LogP) is -0.888. The number of methoxy groups -OCH3 is 1. The maximum atomic E-state index is 9.76. The van der Waals surface area contributed by atoms with Crippen LogP contribution in [0, 0.1) is 0 Å². The summed E-state index contributed by atoms with van der Waals surface area (Å²) in [4.78, 5) is 0. The number of nitrogens with two attached hydrogens (primary N) is 1. The smallest absolute Gasteiger partial charge is 0.126 e. The molecule has 0 aliphatic carbocycles. The predicted molar refractivity (Wildman–Crippen MR) is 40.2 cm³/mol. The third-order valence-electron chi connectivity index (χ3n) is 2.01. The average molecular weight is 161 g/mol. The third-order valence-corrected chi connectivity index (χ3v) is 2.01. The Morgan fingerprint density at radius 3 is 3.09 bits per heavy atom. The minimum atomic E-state index is -0.979. The van der Waals surface area contributed by atoms with Gasteiger partial charge in [0.05, 0.1) is 13.2 Å². The summed E-state index contributed by atoms with van der Waals surface area (Å²) in [6, 6.07) is -0.226. The molecule has 0 saturated carbocycles. The van der Waals surface area contributed by atoms with E-state index in [1.165, 1.54) is 0 Å². The average Bonchev–Trinajstić information content (AvgIpc) is 1.96. The summed E-state index contributed by atoms with van der Waals surface area (Å²) >= 11 is 0. The van der Waals surface area contributed by atoms with Crippen LogP contribution in [0.3, 0.4) is 0 Å². The van der Waals surface area contributed by atoms with Gasteiger partial charge in [0.15, 0.2) is 0 Å². The number of ether oxygens (including phenoxy) is 2. The van der Waals surface area contributed by atoms with E-state index in [0.717, 1.165) is 0 Å². The van der Waals surface area contributed by atoms with E-state index in [2.05, 4.69) is 0 Å². The quantitative estimate of drug-likeness (QED) is 0.551. The van der Waals surface area contributed by atoms with Crippen molar-refractivity contribution in [3.63, 3.8) is 0 Å². The zero-order valence-electron chi connectivity index (χ0n) is 6.75. The lowest BCUT2D eigenvalue weighted by molar-refractivity contribution is -0.129. The fourth-order valence-electron chi connectivity index (χ4n) is 1.23. The summed E-state index contributed by atoms with van der Waals surface area (Å²) in [6.45, 7) is 1.16. The fourth-order valence-corrected chi connectivity index (χ4v) is 1.23. The van der Waals surface area contributed by atoms with Crippen molar-refractivity contribution in [2.75, 3.05) is 26.9 Å². The van der Waals surface area contributed by atoms with E-state index in [0.29, 0.717) is 13.0 Å². The van der Waals surface area contributed by atoms with Crippen molar-refractivity contribution >= 4 is 0 Å². The lowest BCUT2D eigenvalue weighted by Crippen LogP contribution is -2.57. The van der Waals surface area contributed by atoms with Gasteiger partial charge in [-0.15, -0.1) is 0 Å². The van der Waals surface area contributed by atoms with Gasteiger partial charge in [-0.2, -0.15) is 0 Å². The highest BCUT2D eigenvalue weighted by Gasteiger charge is 2.37. The first kappa shape index (κ1) is 8.93. The normalized spacial score (nSPS) is 39.0. The van der Waals surface area contributed by atoms with Crippen molar-refractivity contribution in [2.45, 2.75) is 18.1 Å².